The van der Waals surface area contributed by atoms with Crippen molar-refractivity contribution >= 4 is 22.6 Å². The molecule has 2 aromatic carbocycles. The first-order valence-corrected chi connectivity index (χ1v) is 6.68. The number of benzene rings is 2. The van der Waals surface area contributed by atoms with Crippen molar-refractivity contribution in [2.24, 2.45) is 0 Å². The van der Waals surface area contributed by atoms with E-state index in [1.165, 1.54) is 24.3 Å². The highest BCUT2D eigenvalue weighted by Gasteiger charge is 2.17. The summed E-state index contributed by atoms with van der Waals surface area (Å²) in [4.78, 5) is 0. The van der Waals surface area contributed by atoms with E-state index in [0.717, 1.165) is 5.39 Å². The first-order valence-electron chi connectivity index (χ1n) is 6.30. The molecule has 1 aromatic heterocycles. The van der Waals surface area contributed by atoms with Gasteiger partial charge in [-0.2, -0.15) is 0 Å². The maximum Gasteiger partial charge on any atom is 0.263 e. The number of halogens is 3. The van der Waals surface area contributed by atoms with Crippen LogP contribution in [-0.4, -0.2) is 5.11 Å². The number of hydrogen-bond donors (Lipinski definition) is 1. The normalized spacial score (nSPS) is 13.0. The molecule has 2 nitrogen and oxygen atoms in total. The molecule has 0 aliphatic rings. The zero-order valence-corrected chi connectivity index (χ0v) is 11.5. The number of para-hydroxylation sites is 1. The summed E-state index contributed by atoms with van der Waals surface area (Å²) in [5, 5.41) is 11.5. The first-order chi connectivity index (χ1) is 10.1. The zero-order chi connectivity index (χ0) is 15.0. The van der Waals surface area contributed by atoms with Crippen molar-refractivity contribution in [3.8, 4) is 0 Å². The van der Waals surface area contributed by atoms with Gasteiger partial charge >= 0.3 is 0 Å². The van der Waals surface area contributed by atoms with Gasteiger partial charge in [0.15, 0.2) is 5.58 Å². The summed E-state index contributed by atoms with van der Waals surface area (Å²) < 4.78 is 30.6. The van der Waals surface area contributed by atoms with E-state index in [1.807, 2.05) is 6.07 Å². The van der Waals surface area contributed by atoms with Crippen molar-refractivity contribution in [2.45, 2.75) is 12.5 Å². The number of rotatable bonds is 3. The number of aliphatic hydroxyl groups is 1. The van der Waals surface area contributed by atoms with Crippen LogP contribution in [0.15, 0.2) is 52.9 Å². The van der Waals surface area contributed by atoms with Crippen LogP contribution < -0.4 is 0 Å². The second-order valence-electron chi connectivity index (χ2n) is 4.68. The molecule has 3 aromatic rings. The van der Waals surface area contributed by atoms with Gasteiger partial charge in [0, 0.05) is 10.9 Å². The predicted octanol–water partition coefficient (Wildman–Crippen LogP) is 5.11. The lowest BCUT2D eigenvalue weighted by atomic mass is 10.1. The van der Waals surface area contributed by atoms with Crippen LogP contribution in [0.1, 0.15) is 29.4 Å². The molecule has 0 saturated carbocycles. The highest BCUT2D eigenvalue weighted by Crippen LogP contribution is 2.32. The Kier molecular flexibility index (Phi) is 3.66. The fourth-order valence-corrected chi connectivity index (χ4v) is 2.39. The number of aliphatic hydroxyl groups excluding tert-OH is 1. The van der Waals surface area contributed by atoms with Gasteiger partial charge in [-0.3, -0.25) is 0 Å². The standard InChI is InChI=1S/C16H11ClF2O2/c17-12-3-1-2-11-8-13(21-15(11)12)14(20)9-4-6-10(7-5-9)16(18)19/h1-8,14,16,20H. The third-order valence-electron chi connectivity index (χ3n) is 3.29. The molecule has 0 aliphatic carbocycles. The average Bonchev–Trinajstić information content (AvgIpc) is 2.92. The van der Waals surface area contributed by atoms with Gasteiger partial charge in [0.2, 0.25) is 0 Å². The third kappa shape index (κ3) is 2.64. The predicted molar refractivity (Wildman–Crippen MR) is 76.7 cm³/mol. The molecular weight excluding hydrogens is 298 g/mol. The fraction of sp³-hybridized carbons (Fsp3) is 0.125. The van der Waals surface area contributed by atoms with Gasteiger partial charge in [-0.25, -0.2) is 8.78 Å². The average molecular weight is 309 g/mol. The van der Waals surface area contributed by atoms with E-state index in [4.69, 9.17) is 16.0 Å². The summed E-state index contributed by atoms with van der Waals surface area (Å²) in [7, 11) is 0. The van der Waals surface area contributed by atoms with Gasteiger partial charge in [-0.1, -0.05) is 48.0 Å². The van der Waals surface area contributed by atoms with Crippen LogP contribution in [0.3, 0.4) is 0 Å². The molecule has 0 aliphatic heterocycles. The summed E-state index contributed by atoms with van der Waals surface area (Å²) in [5.74, 6) is 0.322. The molecule has 1 N–H and O–H groups in total. The van der Waals surface area contributed by atoms with Gasteiger partial charge in [-0.15, -0.1) is 0 Å². The van der Waals surface area contributed by atoms with Crippen LogP contribution in [0.5, 0.6) is 0 Å². The van der Waals surface area contributed by atoms with E-state index in [0.29, 0.717) is 21.9 Å². The van der Waals surface area contributed by atoms with Crippen molar-refractivity contribution in [2.75, 3.05) is 0 Å². The first kappa shape index (κ1) is 14.0. The lowest BCUT2D eigenvalue weighted by Crippen LogP contribution is -1.98. The second-order valence-corrected chi connectivity index (χ2v) is 5.08. The summed E-state index contributed by atoms with van der Waals surface area (Å²) >= 11 is 6.02. The van der Waals surface area contributed by atoms with Gasteiger partial charge < -0.3 is 9.52 Å². The fourth-order valence-electron chi connectivity index (χ4n) is 2.17. The van der Waals surface area contributed by atoms with Crippen LogP contribution >= 0.6 is 11.6 Å². The minimum absolute atomic E-state index is 0.0846. The second kappa shape index (κ2) is 5.47. The highest BCUT2D eigenvalue weighted by atomic mass is 35.5. The lowest BCUT2D eigenvalue weighted by Gasteiger charge is -2.08. The van der Waals surface area contributed by atoms with Crippen LogP contribution in [0.25, 0.3) is 11.0 Å². The van der Waals surface area contributed by atoms with Gasteiger partial charge in [0.1, 0.15) is 11.9 Å². The quantitative estimate of drug-likeness (QED) is 0.729. The summed E-state index contributed by atoms with van der Waals surface area (Å²) in [6.45, 7) is 0. The molecule has 0 fully saturated rings. The Labute approximate surface area is 124 Å². The van der Waals surface area contributed by atoms with Crippen LogP contribution in [-0.2, 0) is 0 Å². The largest absolute Gasteiger partial charge is 0.456 e. The molecular formula is C16H11ClF2O2. The molecule has 3 rings (SSSR count). The Balaban J connectivity index is 1.96. The Morgan fingerprint density at radius 2 is 1.67 bits per heavy atom. The van der Waals surface area contributed by atoms with E-state index in [2.05, 4.69) is 0 Å². The summed E-state index contributed by atoms with van der Waals surface area (Å²) in [5.41, 5.74) is 0.894. The Hall–Kier alpha value is -1.91. The van der Waals surface area contributed by atoms with E-state index in [9.17, 15) is 13.9 Å². The minimum Gasteiger partial charge on any atom is -0.456 e. The number of hydrogen-bond acceptors (Lipinski definition) is 2. The molecule has 108 valence electrons. The van der Waals surface area contributed by atoms with Crippen LogP contribution in [0.2, 0.25) is 5.02 Å². The van der Waals surface area contributed by atoms with Crippen molar-refractivity contribution < 1.29 is 18.3 Å². The third-order valence-corrected chi connectivity index (χ3v) is 3.59. The van der Waals surface area contributed by atoms with Gasteiger partial charge in [0.25, 0.3) is 6.43 Å². The zero-order valence-electron chi connectivity index (χ0n) is 10.8. The van der Waals surface area contributed by atoms with Gasteiger partial charge in [0.05, 0.1) is 5.02 Å². The smallest absolute Gasteiger partial charge is 0.263 e. The molecule has 1 unspecified atom stereocenters. The Morgan fingerprint density at radius 3 is 2.29 bits per heavy atom. The minimum atomic E-state index is -2.53. The summed E-state index contributed by atoms with van der Waals surface area (Å²) in [6, 6.07) is 12.5. The van der Waals surface area contributed by atoms with Gasteiger partial charge in [-0.05, 0) is 17.7 Å². The molecule has 5 heteroatoms. The maximum atomic E-state index is 12.5. The number of fused-ring (bicyclic) bond motifs is 1. The number of furan rings is 1. The molecule has 1 atom stereocenters. The van der Waals surface area contributed by atoms with Crippen molar-refractivity contribution in [1.82, 2.24) is 0 Å². The highest BCUT2D eigenvalue weighted by molar-refractivity contribution is 6.34. The molecule has 21 heavy (non-hydrogen) atoms. The monoisotopic (exact) mass is 308 g/mol. The molecule has 0 bridgehead atoms. The topological polar surface area (TPSA) is 33.4 Å². The maximum absolute atomic E-state index is 12.5. The van der Waals surface area contributed by atoms with Crippen LogP contribution in [0.4, 0.5) is 8.78 Å². The lowest BCUT2D eigenvalue weighted by molar-refractivity contribution is 0.151. The van der Waals surface area contributed by atoms with Crippen molar-refractivity contribution in [3.63, 3.8) is 0 Å². The van der Waals surface area contributed by atoms with Crippen molar-refractivity contribution in [3.05, 3.63) is 70.4 Å². The SMILES string of the molecule is OC(c1ccc(C(F)F)cc1)c1cc2cccc(Cl)c2o1. The molecule has 0 radical (unpaired) electrons. The molecule has 1 heterocycles. The molecule has 0 saturated heterocycles. The van der Waals surface area contributed by atoms with E-state index in [-0.39, 0.29) is 5.56 Å². The van der Waals surface area contributed by atoms with E-state index >= 15 is 0 Å². The summed E-state index contributed by atoms with van der Waals surface area (Å²) in [6.07, 6.45) is -3.55. The molecule has 0 spiro atoms. The molecule has 0 amide bonds. The Bertz CT molecular complexity index is 766. The van der Waals surface area contributed by atoms with Crippen LogP contribution in [0, 0.1) is 0 Å². The van der Waals surface area contributed by atoms with E-state index in [1.54, 1.807) is 18.2 Å². The Morgan fingerprint density at radius 1 is 1.00 bits per heavy atom. The van der Waals surface area contributed by atoms with E-state index < -0.39 is 12.5 Å². The van der Waals surface area contributed by atoms with Crippen molar-refractivity contribution in [1.29, 1.82) is 0 Å². The number of alkyl halides is 2.